The van der Waals surface area contributed by atoms with Gasteiger partial charge in [-0.1, -0.05) is 19.8 Å². The van der Waals surface area contributed by atoms with Gasteiger partial charge in [0.15, 0.2) is 0 Å². The number of nitrogens with two attached hydrogens (primary N) is 1. The van der Waals surface area contributed by atoms with Gasteiger partial charge in [0.25, 0.3) is 0 Å². The predicted octanol–water partition coefficient (Wildman–Crippen LogP) is 0.376. The lowest BCUT2D eigenvalue weighted by Crippen LogP contribution is -2.43. The summed E-state index contributed by atoms with van der Waals surface area (Å²) in [5.41, 5.74) is 5.88. The van der Waals surface area contributed by atoms with E-state index in [1.165, 1.54) is 0 Å². The molecule has 1 saturated heterocycles. The summed E-state index contributed by atoms with van der Waals surface area (Å²) in [5, 5.41) is 0. The minimum atomic E-state index is -0.386. The summed E-state index contributed by atoms with van der Waals surface area (Å²) in [6.07, 6.45) is 2.72. The largest absolute Gasteiger partial charge is 0.377 e. The van der Waals surface area contributed by atoms with Crippen molar-refractivity contribution in [3.05, 3.63) is 0 Å². The molecule has 1 aliphatic rings. The van der Waals surface area contributed by atoms with Crippen LogP contribution in [0.15, 0.2) is 0 Å². The highest BCUT2D eigenvalue weighted by Crippen LogP contribution is 2.17. The molecule has 0 bridgehead atoms. The summed E-state index contributed by atoms with van der Waals surface area (Å²) < 4.78 is 10.6. The highest BCUT2D eigenvalue weighted by atomic mass is 16.5. The van der Waals surface area contributed by atoms with Gasteiger partial charge in [-0.3, -0.25) is 4.79 Å². The molecule has 0 aromatic rings. The summed E-state index contributed by atoms with van der Waals surface area (Å²) >= 11 is 0. The lowest BCUT2D eigenvalue weighted by atomic mass is 10.1. The molecule has 0 aliphatic carbocycles. The summed E-state index contributed by atoms with van der Waals surface area (Å²) in [4.78, 5) is 13.8. The van der Waals surface area contributed by atoms with Crippen LogP contribution in [0.25, 0.3) is 0 Å². The maximum absolute atomic E-state index is 12.1. The predicted molar refractivity (Wildman–Crippen MR) is 65.7 cm³/mol. The van der Waals surface area contributed by atoms with E-state index in [4.69, 9.17) is 15.2 Å². The van der Waals surface area contributed by atoms with Crippen LogP contribution < -0.4 is 5.73 Å². The monoisotopic (exact) mass is 244 g/mol. The normalized spacial score (nSPS) is 26.2. The van der Waals surface area contributed by atoms with Gasteiger partial charge in [0.2, 0.25) is 5.91 Å². The molecule has 1 amide bonds. The molecule has 2 unspecified atom stereocenters. The molecule has 17 heavy (non-hydrogen) atoms. The number of hydrogen-bond acceptors (Lipinski definition) is 4. The molecule has 0 radical (unpaired) electrons. The zero-order chi connectivity index (χ0) is 12.8. The summed E-state index contributed by atoms with van der Waals surface area (Å²) in [6.45, 7) is 3.25. The van der Waals surface area contributed by atoms with Crippen molar-refractivity contribution < 1.29 is 14.3 Å². The second-order valence-electron chi connectivity index (χ2n) is 4.54. The third kappa shape index (κ3) is 3.66. The van der Waals surface area contributed by atoms with Gasteiger partial charge < -0.3 is 20.1 Å². The molecule has 100 valence electrons. The average molecular weight is 244 g/mol. The van der Waals surface area contributed by atoms with Crippen LogP contribution in [0, 0.1) is 0 Å². The number of unbranched alkanes of at least 4 members (excludes halogenated alkanes) is 1. The first-order valence-electron chi connectivity index (χ1n) is 6.24. The molecule has 5 heteroatoms. The highest BCUT2D eigenvalue weighted by molar-refractivity contribution is 5.82. The molecule has 1 heterocycles. The van der Waals surface area contributed by atoms with E-state index < -0.39 is 0 Å². The second-order valence-corrected chi connectivity index (χ2v) is 4.54. The molecule has 1 rings (SSSR count). The quantitative estimate of drug-likeness (QED) is 0.733. The maximum atomic E-state index is 12.1. The fraction of sp³-hybridized carbons (Fsp3) is 0.917. The number of carbonyl (C=O) groups excluding carboxylic acids is 1. The molecule has 0 aromatic heterocycles. The van der Waals surface area contributed by atoms with E-state index in [-0.39, 0.29) is 24.2 Å². The molecule has 2 N–H and O–H groups in total. The van der Waals surface area contributed by atoms with Crippen LogP contribution in [0.2, 0.25) is 0 Å². The smallest absolute Gasteiger partial charge is 0.239 e. The number of nitrogens with zero attached hydrogens (tertiary/aromatic N) is 1. The molecular weight excluding hydrogens is 220 g/mol. The first-order valence-corrected chi connectivity index (χ1v) is 6.24. The molecule has 1 fully saturated rings. The van der Waals surface area contributed by atoms with Gasteiger partial charge in [-0.05, 0) is 6.42 Å². The van der Waals surface area contributed by atoms with E-state index in [2.05, 4.69) is 6.92 Å². The van der Waals surface area contributed by atoms with Crippen molar-refractivity contribution in [3.8, 4) is 0 Å². The van der Waals surface area contributed by atoms with Crippen molar-refractivity contribution in [2.24, 2.45) is 5.73 Å². The van der Waals surface area contributed by atoms with Gasteiger partial charge in [0.05, 0.1) is 6.04 Å². The number of rotatable bonds is 6. The van der Waals surface area contributed by atoms with Crippen LogP contribution >= 0.6 is 0 Å². The van der Waals surface area contributed by atoms with Gasteiger partial charge in [0, 0.05) is 27.3 Å². The first-order chi connectivity index (χ1) is 8.13. The van der Waals surface area contributed by atoms with Crippen LogP contribution in [-0.4, -0.2) is 56.4 Å². The molecular formula is C12H24N2O3. The number of carbonyl (C=O) groups is 1. The van der Waals surface area contributed by atoms with Gasteiger partial charge >= 0.3 is 0 Å². The van der Waals surface area contributed by atoms with E-state index in [1.54, 1.807) is 19.1 Å². The first kappa shape index (κ1) is 14.4. The van der Waals surface area contributed by atoms with Crippen molar-refractivity contribution >= 4 is 5.91 Å². The summed E-state index contributed by atoms with van der Waals surface area (Å²) in [7, 11) is 3.28. The Balaban J connectivity index is 2.48. The van der Waals surface area contributed by atoms with Gasteiger partial charge in [0.1, 0.15) is 12.2 Å². The van der Waals surface area contributed by atoms with Crippen LogP contribution in [0.3, 0.4) is 0 Å². The van der Waals surface area contributed by atoms with Crippen LogP contribution in [0.1, 0.15) is 26.2 Å². The molecule has 0 saturated carbocycles. The number of methoxy groups -OCH3 is 2. The van der Waals surface area contributed by atoms with E-state index in [0.717, 1.165) is 19.3 Å². The molecule has 3 atom stereocenters. The standard InChI is InChI=1S/C12H24N2O3/c1-4-5-6-9(13)12(15)14-7-10(16-2)11(8-14)17-3/h9-11H,4-8,13H2,1-3H3/t9-,10?,11?/m0/s1. The fourth-order valence-corrected chi connectivity index (χ4v) is 2.16. The molecule has 0 spiro atoms. The number of ether oxygens (including phenoxy) is 2. The van der Waals surface area contributed by atoms with E-state index in [9.17, 15) is 4.79 Å². The Hall–Kier alpha value is -0.650. The van der Waals surface area contributed by atoms with E-state index in [1.807, 2.05) is 0 Å². The maximum Gasteiger partial charge on any atom is 0.239 e. The van der Waals surface area contributed by atoms with Crippen molar-refractivity contribution in [2.75, 3.05) is 27.3 Å². The summed E-state index contributed by atoms with van der Waals surface area (Å²) in [6, 6.07) is -0.386. The average Bonchev–Trinajstić information content (AvgIpc) is 2.77. The second kappa shape index (κ2) is 6.93. The highest BCUT2D eigenvalue weighted by Gasteiger charge is 2.36. The van der Waals surface area contributed by atoms with Gasteiger partial charge in [-0.15, -0.1) is 0 Å². The fourth-order valence-electron chi connectivity index (χ4n) is 2.16. The third-order valence-electron chi connectivity index (χ3n) is 3.32. The van der Waals surface area contributed by atoms with Crippen LogP contribution in [-0.2, 0) is 14.3 Å². The Morgan fingerprint density at radius 2 is 1.88 bits per heavy atom. The van der Waals surface area contributed by atoms with Crippen LogP contribution in [0.4, 0.5) is 0 Å². The van der Waals surface area contributed by atoms with Crippen molar-refractivity contribution in [1.29, 1.82) is 0 Å². The zero-order valence-electron chi connectivity index (χ0n) is 11.0. The number of likely N-dealkylation sites (tertiary alicyclic amines) is 1. The zero-order valence-corrected chi connectivity index (χ0v) is 11.0. The minimum absolute atomic E-state index is 0.0139. The molecule has 5 nitrogen and oxygen atoms in total. The van der Waals surface area contributed by atoms with Crippen molar-refractivity contribution in [3.63, 3.8) is 0 Å². The Morgan fingerprint density at radius 3 is 2.29 bits per heavy atom. The molecule has 0 aromatic carbocycles. The SMILES string of the molecule is CCCC[C@H](N)C(=O)N1CC(OC)C(OC)C1. The number of amides is 1. The minimum Gasteiger partial charge on any atom is -0.377 e. The van der Waals surface area contributed by atoms with Crippen molar-refractivity contribution in [1.82, 2.24) is 4.90 Å². The Morgan fingerprint density at radius 1 is 1.35 bits per heavy atom. The third-order valence-corrected chi connectivity index (χ3v) is 3.32. The van der Waals surface area contributed by atoms with Crippen LogP contribution in [0.5, 0.6) is 0 Å². The number of hydrogen-bond donors (Lipinski definition) is 1. The Labute approximate surface area is 103 Å². The van der Waals surface area contributed by atoms with E-state index in [0.29, 0.717) is 13.1 Å². The summed E-state index contributed by atoms with van der Waals surface area (Å²) in [5.74, 6) is 0.0139. The van der Waals surface area contributed by atoms with E-state index >= 15 is 0 Å². The van der Waals surface area contributed by atoms with Gasteiger partial charge in [-0.25, -0.2) is 0 Å². The topological polar surface area (TPSA) is 64.8 Å². The lowest BCUT2D eigenvalue weighted by Gasteiger charge is -2.20. The van der Waals surface area contributed by atoms with Gasteiger partial charge in [-0.2, -0.15) is 0 Å². The molecule has 1 aliphatic heterocycles. The lowest BCUT2D eigenvalue weighted by molar-refractivity contribution is -0.132. The Kier molecular flexibility index (Phi) is 5.88. The Bertz CT molecular complexity index is 236. The van der Waals surface area contributed by atoms with Crippen molar-refractivity contribution in [2.45, 2.75) is 44.4 Å².